The molecule has 0 radical (unpaired) electrons. The maximum Gasteiger partial charge on any atom is 0.104 e. The smallest absolute Gasteiger partial charge is 0.104 e. The first kappa shape index (κ1) is 13.1. The highest BCUT2D eigenvalue weighted by atomic mass is 16.5. The van der Waals surface area contributed by atoms with Gasteiger partial charge in [-0.05, 0) is 24.6 Å². The van der Waals surface area contributed by atoms with Gasteiger partial charge in [-0.25, -0.2) is 4.98 Å². The third-order valence-corrected chi connectivity index (χ3v) is 3.20. The fraction of sp³-hybridized carbons (Fsp3) is 0.500. The largest absolute Gasteiger partial charge is 0.370 e. The predicted molar refractivity (Wildman–Crippen MR) is 73.7 cm³/mol. The summed E-state index contributed by atoms with van der Waals surface area (Å²) in [6, 6.07) is 6.41. The van der Waals surface area contributed by atoms with Crippen molar-refractivity contribution < 1.29 is 4.74 Å². The van der Waals surface area contributed by atoms with Crippen molar-refractivity contribution in [3.05, 3.63) is 29.6 Å². The zero-order valence-electron chi connectivity index (χ0n) is 11.5. The molecule has 2 rings (SSSR count). The summed E-state index contributed by atoms with van der Waals surface area (Å²) in [6.07, 6.45) is 0. The van der Waals surface area contributed by atoms with Gasteiger partial charge in [0.1, 0.15) is 5.82 Å². The Hall–Kier alpha value is -1.39. The fourth-order valence-corrected chi connectivity index (χ4v) is 2.13. The maximum atomic E-state index is 5.02. The van der Waals surface area contributed by atoms with Crippen molar-refractivity contribution in [3.8, 4) is 0 Å². The Morgan fingerprint density at radius 1 is 1.39 bits per heavy atom. The first-order valence-electron chi connectivity index (χ1n) is 6.19. The number of ether oxygens (including phenoxy) is 1. The Bertz CT molecular complexity index is 531. The van der Waals surface area contributed by atoms with E-state index < -0.39 is 0 Å². The number of hydrogen-bond donors (Lipinski definition) is 2. The summed E-state index contributed by atoms with van der Waals surface area (Å²) in [5.74, 6) is 0.956. The van der Waals surface area contributed by atoms with Crippen molar-refractivity contribution in [2.75, 3.05) is 20.4 Å². The number of rotatable bonds is 5. The fourth-order valence-electron chi connectivity index (χ4n) is 2.13. The van der Waals surface area contributed by atoms with E-state index in [1.54, 1.807) is 7.11 Å². The summed E-state index contributed by atoms with van der Waals surface area (Å²) in [5.41, 5.74) is 3.48. The normalized spacial score (nSPS) is 12.2. The quantitative estimate of drug-likeness (QED) is 0.630. The minimum Gasteiger partial charge on any atom is -0.370 e. The standard InChI is InChI=1S/C14H21N3O/c1-10-16-12-6-5-11(7-13(12)17-10)14(2,3)8-15-9-18-4/h5-7,15H,8-9H2,1-4H3,(H,16,17). The highest BCUT2D eigenvalue weighted by Gasteiger charge is 2.20. The molecule has 4 nitrogen and oxygen atoms in total. The monoisotopic (exact) mass is 247 g/mol. The van der Waals surface area contributed by atoms with Gasteiger partial charge in [0.25, 0.3) is 0 Å². The van der Waals surface area contributed by atoms with E-state index in [-0.39, 0.29) is 5.41 Å². The van der Waals surface area contributed by atoms with Gasteiger partial charge in [-0.2, -0.15) is 0 Å². The van der Waals surface area contributed by atoms with Crippen molar-refractivity contribution in [2.24, 2.45) is 0 Å². The molecule has 0 saturated heterocycles. The molecule has 0 aliphatic carbocycles. The van der Waals surface area contributed by atoms with Crippen LogP contribution in [-0.2, 0) is 10.2 Å². The topological polar surface area (TPSA) is 49.9 Å². The minimum absolute atomic E-state index is 0.0612. The highest BCUT2D eigenvalue weighted by Crippen LogP contribution is 2.25. The van der Waals surface area contributed by atoms with Gasteiger partial charge in [-0.15, -0.1) is 0 Å². The van der Waals surface area contributed by atoms with Crippen molar-refractivity contribution in [3.63, 3.8) is 0 Å². The van der Waals surface area contributed by atoms with E-state index in [0.717, 1.165) is 23.4 Å². The van der Waals surface area contributed by atoms with Crippen molar-refractivity contribution >= 4 is 11.0 Å². The number of H-pyrrole nitrogens is 1. The van der Waals surface area contributed by atoms with E-state index in [0.29, 0.717) is 6.73 Å². The number of nitrogens with one attached hydrogen (secondary N) is 2. The maximum absolute atomic E-state index is 5.02. The summed E-state index contributed by atoms with van der Waals surface area (Å²) < 4.78 is 5.02. The van der Waals surface area contributed by atoms with Crippen LogP contribution in [0.4, 0.5) is 0 Å². The number of imidazole rings is 1. The second-order valence-corrected chi connectivity index (χ2v) is 5.30. The van der Waals surface area contributed by atoms with Gasteiger partial charge in [-0.1, -0.05) is 19.9 Å². The molecule has 1 aromatic heterocycles. The van der Waals surface area contributed by atoms with Crippen LogP contribution < -0.4 is 5.32 Å². The number of aromatic nitrogens is 2. The molecule has 0 fully saturated rings. The van der Waals surface area contributed by atoms with Gasteiger partial charge in [-0.3, -0.25) is 5.32 Å². The second-order valence-electron chi connectivity index (χ2n) is 5.30. The van der Waals surface area contributed by atoms with Gasteiger partial charge in [0, 0.05) is 19.1 Å². The SMILES string of the molecule is COCNCC(C)(C)c1ccc2nc(C)[nH]c2c1. The van der Waals surface area contributed by atoms with Crippen molar-refractivity contribution in [1.82, 2.24) is 15.3 Å². The Morgan fingerprint density at radius 3 is 2.89 bits per heavy atom. The van der Waals surface area contributed by atoms with Crippen LogP contribution in [0, 0.1) is 6.92 Å². The van der Waals surface area contributed by atoms with E-state index in [1.807, 2.05) is 6.92 Å². The Labute approximate surface area is 108 Å². The van der Waals surface area contributed by atoms with Gasteiger partial charge in [0.2, 0.25) is 0 Å². The van der Waals surface area contributed by atoms with Crippen LogP contribution in [0.15, 0.2) is 18.2 Å². The molecular formula is C14H21N3O. The summed E-state index contributed by atoms with van der Waals surface area (Å²) in [4.78, 5) is 7.70. The number of nitrogens with zero attached hydrogens (tertiary/aromatic N) is 1. The lowest BCUT2D eigenvalue weighted by molar-refractivity contribution is 0.169. The van der Waals surface area contributed by atoms with Crippen LogP contribution in [0.1, 0.15) is 25.2 Å². The average molecular weight is 247 g/mol. The Kier molecular flexibility index (Phi) is 3.68. The third kappa shape index (κ3) is 2.71. The van der Waals surface area contributed by atoms with E-state index in [2.05, 4.69) is 47.3 Å². The number of aromatic amines is 1. The van der Waals surface area contributed by atoms with Crippen LogP contribution in [0.25, 0.3) is 11.0 Å². The third-order valence-electron chi connectivity index (χ3n) is 3.20. The molecule has 2 N–H and O–H groups in total. The number of fused-ring (bicyclic) bond motifs is 1. The molecule has 2 aromatic rings. The molecule has 1 aromatic carbocycles. The summed E-state index contributed by atoms with van der Waals surface area (Å²) in [5, 5.41) is 3.28. The van der Waals surface area contributed by atoms with Crippen LogP contribution in [0.3, 0.4) is 0 Å². The number of methoxy groups -OCH3 is 1. The molecule has 0 saturated carbocycles. The Morgan fingerprint density at radius 2 is 2.17 bits per heavy atom. The van der Waals surface area contributed by atoms with Crippen LogP contribution in [-0.4, -0.2) is 30.4 Å². The second kappa shape index (κ2) is 5.08. The summed E-state index contributed by atoms with van der Waals surface area (Å²) in [7, 11) is 1.69. The predicted octanol–water partition coefficient (Wildman–Crippen LogP) is 2.34. The molecular weight excluding hydrogens is 226 g/mol. The molecule has 0 aliphatic heterocycles. The van der Waals surface area contributed by atoms with E-state index >= 15 is 0 Å². The molecule has 1 heterocycles. The summed E-state index contributed by atoms with van der Waals surface area (Å²) in [6.45, 7) is 7.87. The van der Waals surface area contributed by atoms with Crippen molar-refractivity contribution in [1.29, 1.82) is 0 Å². The minimum atomic E-state index is 0.0612. The zero-order chi connectivity index (χ0) is 13.2. The van der Waals surface area contributed by atoms with Gasteiger partial charge in [0.05, 0.1) is 17.8 Å². The van der Waals surface area contributed by atoms with Gasteiger partial charge >= 0.3 is 0 Å². The first-order chi connectivity index (χ1) is 8.53. The van der Waals surface area contributed by atoms with Crippen LogP contribution >= 0.6 is 0 Å². The molecule has 0 unspecified atom stereocenters. The lowest BCUT2D eigenvalue weighted by Crippen LogP contribution is -2.33. The molecule has 0 amide bonds. The van der Waals surface area contributed by atoms with E-state index in [4.69, 9.17) is 4.74 Å². The van der Waals surface area contributed by atoms with E-state index in [9.17, 15) is 0 Å². The van der Waals surface area contributed by atoms with Crippen molar-refractivity contribution in [2.45, 2.75) is 26.2 Å². The molecule has 0 bridgehead atoms. The molecule has 98 valence electrons. The summed E-state index contributed by atoms with van der Waals surface area (Å²) >= 11 is 0. The zero-order valence-corrected chi connectivity index (χ0v) is 11.5. The van der Waals surface area contributed by atoms with E-state index in [1.165, 1.54) is 5.56 Å². The highest BCUT2D eigenvalue weighted by molar-refractivity contribution is 5.76. The van der Waals surface area contributed by atoms with Gasteiger partial charge < -0.3 is 9.72 Å². The molecule has 0 spiro atoms. The van der Waals surface area contributed by atoms with Crippen LogP contribution in [0.5, 0.6) is 0 Å². The number of aryl methyl sites for hydroxylation is 1. The van der Waals surface area contributed by atoms with Gasteiger partial charge in [0.15, 0.2) is 0 Å². The Balaban J connectivity index is 2.23. The lowest BCUT2D eigenvalue weighted by atomic mass is 9.84. The van der Waals surface area contributed by atoms with Crippen LogP contribution in [0.2, 0.25) is 0 Å². The molecule has 0 aliphatic rings. The first-order valence-corrected chi connectivity index (χ1v) is 6.19. The lowest BCUT2D eigenvalue weighted by Gasteiger charge is -2.25. The number of hydrogen-bond acceptors (Lipinski definition) is 3. The molecule has 0 atom stereocenters. The molecule has 18 heavy (non-hydrogen) atoms. The average Bonchev–Trinajstić information content (AvgIpc) is 2.68. The molecule has 4 heteroatoms. The number of benzene rings is 1.